The van der Waals surface area contributed by atoms with Gasteiger partial charge < -0.3 is 5.11 Å². The summed E-state index contributed by atoms with van der Waals surface area (Å²) in [5, 5.41) is 21.9. The lowest BCUT2D eigenvalue weighted by atomic mass is 9.96. The Bertz CT molecular complexity index is 695. The van der Waals surface area contributed by atoms with Crippen molar-refractivity contribution in [2.75, 3.05) is 0 Å². The van der Waals surface area contributed by atoms with Gasteiger partial charge in [-0.3, -0.25) is 10.1 Å². The summed E-state index contributed by atoms with van der Waals surface area (Å²) < 4.78 is 0.108. The van der Waals surface area contributed by atoms with Gasteiger partial charge in [0.05, 0.1) is 10.5 Å². The van der Waals surface area contributed by atoms with Gasteiger partial charge in [-0.1, -0.05) is 57.2 Å². The Morgan fingerprint density at radius 2 is 1.65 bits per heavy atom. The van der Waals surface area contributed by atoms with Crippen molar-refractivity contribution in [2.24, 2.45) is 0 Å². The number of aliphatic hydroxyl groups is 1. The normalized spacial score (nSPS) is 12.9. The average Bonchev–Trinajstić information content (AvgIpc) is 2.52. The molecule has 0 aliphatic carbocycles. The fraction of sp³-hybridized carbons (Fsp3) is 0.333. The maximum Gasteiger partial charge on any atom is 0.275 e. The van der Waals surface area contributed by atoms with E-state index in [1.54, 1.807) is 30.0 Å². The summed E-state index contributed by atoms with van der Waals surface area (Å²) in [6, 6.07) is 13.9. The molecule has 0 saturated heterocycles. The van der Waals surface area contributed by atoms with Crippen LogP contribution in [-0.2, 0) is 5.75 Å². The fourth-order valence-electron chi connectivity index (χ4n) is 2.28. The van der Waals surface area contributed by atoms with E-state index < -0.39 is 11.0 Å². The van der Waals surface area contributed by atoms with Gasteiger partial charge in [0.15, 0.2) is 0 Å². The lowest BCUT2D eigenvalue weighted by Crippen LogP contribution is -2.10. The predicted octanol–water partition coefficient (Wildman–Crippen LogP) is 4.71. The Labute approximate surface area is 140 Å². The highest BCUT2D eigenvalue weighted by molar-refractivity contribution is 7.99. The van der Waals surface area contributed by atoms with Crippen LogP contribution in [-0.4, -0.2) is 14.8 Å². The Balaban J connectivity index is 2.37. The second-order valence-electron chi connectivity index (χ2n) is 6.32. The number of rotatable bonds is 5. The zero-order chi connectivity index (χ0) is 17.0. The molecule has 0 amide bonds. The first-order chi connectivity index (χ1) is 10.8. The van der Waals surface area contributed by atoms with Crippen LogP contribution in [0.25, 0.3) is 0 Å². The standard InChI is InChI=1S/C18H21NO3S/c1-18(2,3)23-12-13-8-4-5-9-14(13)17(20)15-10-6-7-11-16(15)19(21)22/h4-11,17,20H,12H2,1-3H3. The molecule has 0 aliphatic heterocycles. The number of hydrogen-bond donors (Lipinski definition) is 1. The van der Waals surface area contributed by atoms with Crippen LogP contribution < -0.4 is 0 Å². The second kappa shape index (κ2) is 7.15. The highest BCUT2D eigenvalue weighted by atomic mass is 32.2. The van der Waals surface area contributed by atoms with Gasteiger partial charge in [0, 0.05) is 16.6 Å². The highest BCUT2D eigenvalue weighted by Gasteiger charge is 2.23. The summed E-state index contributed by atoms with van der Waals surface area (Å²) in [4.78, 5) is 10.7. The van der Waals surface area contributed by atoms with E-state index in [1.165, 1.54) is 6.07 Å². The van der Waals surface area contributed by atoms with Crippen molar-refractivity contribution >= 4 is 17.4 Å². The van der Waals surface area contributed by atoms with E-state index in [0.717, 1.165) is 16.9 Å². The Kier molecular flexibility index (Phi) is 5.44. The third kappa shape index (κ3) is 4.56. The molecule has 2 aromatic carbocycles. The zero-order valence-electron chi connectivity index (χ0n) is 13.5. The first kappa shape index (κ1) is 17.5. The number of nitro benzene ring substituents is 1. The molecule has 4 nitrogen and oxygen atoms in total. The van der Waals surface area contributed by atoms with E-state index in [1.807, 2.05) is 24.3 Å². The molecule has 1 N–H and O–H groups in total. The van der Waals surface area contributed by atoms with Gasteiger partial charge in [-0.2, -0.15) is 11.8 Å². The Morgan fingerprint density at radius 3 is 2.26 bits per heavy atom. The molecule has 0 radical (unpaired) electrons. The van der Waals surface area contributed by atoms with Gasteiger partial charge in [-0.05, 0) is 17.2 Å². The quantitative estimate of drug-likeness (QED) is 0.636. The van der Waals surface area contributed by atoms with Crippen molar-refractivity contribution in [1.29, 1.82) is 0 Å². The lowest BCUT2D eigenvalue weighted by Gasteiger charge is -2.20. The number of aliphatic hydroxyl groups excluding tert-OH is 1. The molecule has 0 aliphatic rings. The van der Waals surface area contributed by atoms with E-state index in [-0.39, 0.29) is 10.4 Å². The van der Waals surface area contributed by atoms with Crippen molar-refractivity contribution in [3.8, 4) is 0 Å². The molecule has 0 heterocycles. The number of para-hydroxylation sites is 1. The molecule has 1 atom stereocenters. The maximum absolute atomic E-state index is 11.2. The molecule has 0 aromatic heterocycles. The molecule has 0 bridgehead atoms. The lowest BCUT2D eigenvalue weighted by molar-refractivity contribution is -0.386. The van der Waals surface area contributed by atoms with Crippen LogP contribution in [0.1, 0.15) is 43.6 Å². The van der Waals surface area contributed by atoms with E-state index in [4.69, 9.17) is 0 Å². The van der Waals surface area contributed by atoms with Crippen LogP contribution >= 0.6 is 11.8 Å². The van der Waals surface area contributed by atoms with Crippen LogP contribution in [0.4, 0.5) is 5.69 Å². The van der Waals surface area contributed by atoms with Crippen molar-refractivity contribution in [3.63, 3.8) is 0 Å². The number of benzene rings is 2. The van der Waals surface area contributed by atoms with Gasteiger partial charge in [-0.15, -0.1) is 0 Å². The number of hydrogen-bond acceptors (Lipinski definition) is 4. The smallest absolute Gasteiger partial charge is 0.275 e. The van der Waals surface area contributed by atoms with E-state index in [0.29, 0.717) is 5.56 Å². The number of nitro groups is 1. The largest absolute Gasteiger partial charge is 0.383 e. The summed E-state index contributed by atoms with van der Waals surface area (Å²) >= 11 is 1.78. The van der Waals surface area contributed by atoms with Gasteiger partial charge in [0.2, 0.25) is 0 Å². The van der Waals surface area contributed by atoms with Crippen molar-refractivity contribution in [3.05, 3.63) is 75.3 Å². The third-order valence-electron chi connectivity index (χ3n) is 3.44. The van der Waals surface area contributed by atoms with Crippen LogP contribution in [0.5, 0.6) is 0 Å². The van der Waals surface area contributed by atoms with Crippen molar-refractivity contribution in [2.45, 2.75) is 37.4 Å². The summed E-state index contributed by atoms with van der Waals surface area (Å²) in [5.41, 5.74) is 1.99. The first-order valence-corrected chi connectivity index (χ1v) is 8.41. The van der Waals surface area contributed by atoms with E-state index in [2.05, 4.69) is 20.8 Å². The molecular weight excluding hydrogens is 310 g/mol. The van der Waals surface area contributed by atoms with Crippen LogP contribution in [0.2, 0.25) is 0 Å². The molecule has 2 rings (SSSR count). The van der Waals surface area contributed by atoms with Crippen molar-refractivity contribution < 1.29 is 10.0 Å². The minimum Gasteiger partial charge on any atom is -0.383 e. The van der Waals surface area contributed by atoms with Gasteiger partial charge >= 0.3 is 0 Å². The third-order valence-corrected chi connectivity index (χ3v) is 4.76. The minimum absolute atomic E-state index is 0.0572. The summed E-state index contributed by atoms with van der Waals surface area (Å²) in [5.74, 6) is 0.747. The second-order valence-corrected chi connectivity index (χ2v) is 8.12. The van der Waals surface area contributed by atoms with Gasteiger partial charge in [-0.25, -0.2) is 0 Å². The fourth-order valence-corrected chi connectivity index (χ4v) is 3.13. The zero-order valence-corrected chi connectivity index (χ0v) is 14.3. The predicted molar refractivity (Wildman–Crippen MR) is 94.6 cm³/mol. The van der Waals surface area contributed by atoms with E-state index >= 15 is 0 Å². The molecule has 0 fully saturated rings. The molecule has 1 unspecified atom stereocenters. The van der Waals surface area contributed by atoms with Crippen LogP contribution in [0.3, 0.4) is 0 Å². The summed E-state index contributed by atoms with van der Waals surface area (Å²) in [6.07, 6.45) is -1.01. The summed E-state index contributed by atoms with van der Waals surface area (Å²) in [6.45, 7) is 6.41. The minimum atomic E-state index is -1.01. The maximum atomic E-state index is 11.2. The monoisotopic (exact) mass is 331 g/mol. The van der Waals surface area contributed by atoms with Crippen molar-refractivity contribution in [1.82, 2.24) is 0 Å². The summed E-state index contributed by atoms with van der Waals surface area (Å²) in [7, 11) is 0. The van der Waals surface area contributed by atoms with Gasteiger partial charge in [0.25, 0.3) is 5.69 Å². The Hall–Kier alpha value is -1.85. The highest BCUT2D eigenvalue weighted by Crippen LogP contribution is 2.34. The molecule has 23 heavy (non-hydrogen) atoms. The van der Waals surface area contributed by atoms with Gasteiger partial charge in [0.1, 0.15) is 6.10 Å². The molecule has 0 saturated carbocycles. The Morgan fingerprint density at radius 1 is 1.09 bits per heavy atom. The van der Waals surface area contributed by atoms with E-state index in [9.17, 15) is 15.2 Å². The number of thioether (sulfide) groups is 1. The SMILES string of the molecule is CC(C)(C)SCc1ccccc1C(O)c1ccccc1[N+](=O)[O-]. The molecular formula is C18H21NO3S. The molecule has 5 heteroatoms. The molecule has 122 valence electrons. The molecule has 2 aromatic rings. The topological polar surface area (TPSA) is 63.4 Å². The first-order valence-electron chi connectivity index (χ1n) is 7.43. The number of nitrogens with zero attached hydrogens (tertiary/aromatic N) is 1. The van der Waals surface area contributed by atoms with Crippen LogP contribution in [0.15, 0.2) is 48.5 Å². The van der Waals surface area contributed by atoms with Crippen LogP contribution in [0, 0.1) is 10.1 Å². The molecule has 0 spiro atoms. The average molecular weight is 331 g/mol.